The van der Waals surface area contributed by atoms with Crippen molar-refractivity contribution in [3.05, 3.63) is 23.2 Å². The van der Waals surface area contributed by atoms with Crippen LogP contribution < -0.4 is 20.3 Å². The molecule has 0 aromatic carbocycles. The number of hydrogen-bond acceptors (Lipinski definition) is 9. The highest BCUT2D eigenvalue weighted by molar-refractivity contribution is 7.11. The summed E-state index contributed by atoms with van der Waals surface area (Å²) < 4.78 is 11.2. The molecule has 10 nitrogen and oxygen atoms in total. The van der Waals surface area contributed by atoms with Crippen molar-refractivity contribution in [3.8, 4) is 16.5 Å². The predicted molar refractivity (Wildman–Crippen MR) is 111 cm³/mol. The lowest BCUT2D eigenvalue weighted by atomic mass is 9.67. The normalized spacial score (nSPS) is 26.7. The Bertz CT molecular complexity index is 1080. The molecule has 4 amide bonds. The van der Waals surface area contributed by atoms with E-state index in [1.54, 1.807) is 13.3 Å². The number of pyridine rings is 1. The van der Waals surface area contributed by atoms with Gasteiger partial charge in [0.1, 0.15) is 5.82 Å². The Morgan fingerprint density at radius 1 is 1.26 bits per heavy atom. The van der Waals surface area contributed by atoms with E-state index in [4.69, 9.17) is 14.5 Å². The Labute approximate surface area is 182 Å². The fourth-order valence-electron chi connectivity index (χ4n) is 4.93. The van der Waals surface area contributed by atoms with Crippen LogP contribution in [0.4, 0.5) is 10.6 Å². The maximum atomic E-state index is 13.2. The zero-order valence-electron chi connectivity index (χ0n) is 17.2. The first-order valence-corrected chi connectivity index (χ1v) is 10.8. The summed E-state index contributed by atoms with van der Waals surface area (Å²) in [5.74, 6) is -0.527. The lowest BCUT2D eigenvalue weighted by molar-refractivity contribution is -0.153. The minimum atomic E-state index is -1.51. The number of anilines is 1. The van der Waals surface area contributed by atoms with E-state index < -0.39 is 35.4 Å². The standard InChI is InChI=1S/C20H21N5O5S/c1-9-7-25-14(10(2)30-9)20(16(26)23-18(28)24-17(20)27)5-11-4-12(6-21-15(11)25)13-8-31-19(22-13)29-3/h4,6,8-10,14H,5,7H2,1-3H3,(H2,23,24,26,27,28)/t9-,10+,14-/m1/s1. The molecule has 0 aliphatic carbocycles. The molecular formula is C20H21N5O5S. The van der Waals surface area contributed by atoms with Gasteiger partial charge in [-0.05, 0) is 25.5 Å². The molecule has 0 saturated carbocycles. The van der Waals surface area contributed by atoms with E-state index in [-0.39, 0.29) is 12.5 Å². The number of barbiturate groups is 1. The molecule has 2 aromatic heterocycles. The molecule has 2 saturated heterocycles. The van der Waals surface area contributed by atoms with E-state index in [2.05, 4.69) is 15.6 Å². The summed E-state index contributed by atoms with van der Waals surface area (Å²) in [6, 6.07) is 0.496. The number of carbonyl (C=O) groups is 3. The van der Waals surface area contributed by atoms with Gasteiger partial charge in [0, 0.05) is 30.1 Å². The largest absolute Gasteiger partial charge is 0.473 e. The lowest BCUT2D eigenvalue weighted by Gasteiger charge is -2.54. The summed E-state index contributed by atoms with van der Waals surface area (Å²) in [6.45, 7) is 4.25. The number of morpholine rings is 1. The smallest absolute Gasteiger partial charge is 0.328 e. The van der Waals surface area contributed by atoms with Gasteiger partial charge in [0.2, 0.25) is 11.8 Å². The molecule has 2 fully saturated rings. The van der Waals surface area contributed by atoms with Crippen molar-refractivity contribution < 1.29 is 23.9 Å². The minimum absolute atomic E-state index is 0.0959. The van der Waals surface area contributed by atoms with Crippen molar-refractivity contribution in [1.82, 2.24) is 20.6 Å². The third-order valence-electron chi connectivity index (χ3n) is 6.09. The van der Waals surface area contributed by atoms with Crippen LogP contribution in [0.3, 0.4) is 0 Å². The number of urea groups is 1. The van der Waals surface area contributed by atoms with E-state index in [0.717, 1.165) is 11.1 Å². The van der Waals surface area contributed by atoms with Gasteiger partial charge in [-0.2, -0.15) is 0 Å². The molecule has 0 unspecified atom stereocenters. The maximum absolute atomic E-state index is 13.2. The second kappa shape index (κ2) is 6.99. The fraction of sp³-hybridized carbons (Fsp3) is 0.450. The Morgan fingerprint density at radius 3 is 2.68 bits per heavy atom. The number of amides is 4. The van der Waals surface area contributed by atoms with Crippen LogP contribution in [0.15, 0.2) is 17.6 Å². The number of methoxy groups -OCH3 is 1. The molecule has 2 aromatic rings. The van der Waals surface area contributed by atoms with Gasteiger partial charge < -0.3 is 14.4 Å². The highest BCUT2D eigenvalue weighted by Crippen LogP contribution is 2.46. The number of imide groups is 2. The van der Waals surface area contributed by atoms with Crippen molar-refractivity contribution in [2.24, 2.45) is 5.41 Å². The summed E-state index contributed by atoms with van der Waals surface area (Å²) >= 11 is 1.37. The van der Waals surface area contributed by atoms with Gasteiger partial charge in [0.05, 0.1) is 31.1 Å². The van der Waals surface area contributed by atoms with Gasteiger partial charge in [-0.1, -0.05) is 11.3 Å². The first-order chi connectivity index (χ1) is 14.8. The van der Waals surface area contributed by atoms with Gasteiger partial charge in [0.25, 0.3) is 5.19 Å². The van der Waals surface area contributed by atoms with Crippen molar-refractivity contribution in [2.75, 3.05) is 18.6 Å². The van der Waals surface area contributed by atoms with E-state index in [1.807, 2.05) is 30.2 Å². The maximum Gasteiger partial charge on any atom is 0.328 e. The molecular weight excluding hydrogens is 422 g/mol. The predicted octanol–water partition coefficient (Wildman–Crippen LogP) is 1.10. The second-order valence-electron chi connectivity index (χ2n) is 8.04. The number of ether oxygens (including phenoxy) is 2. The number of aromatic nitrogens is 2. The number of hydrogen-bond donors (Lipinski definition) is 2. The van der Waals surface area contributed by atoms with Gasteiger partial charge in [0.15, 0.2) is 5.41 Å². The monoisotopic (exact) mass is 443 g/mol. The highest BCUT2D eigenvalue weighted by atomic mass is 32.1. The molecule has 0 radical (unpaired) electrons. The quantitative estimate of drug-likeness (QED) is 0.662. The van der Waals surface area contributed by atoms with Crippen LogP contribution in [0.25, 0.3) is 11.3 Å². The topological polar surface area (TPSA) is 123 Å². The Balaban J connectivity index is 1.65. The summed E-state index contributed by atoms with van der Waals surface area (Å²) in [5.41, 5.74) is 0.681. The first kappa shape index (κ1) is 19.9. The zero-order valence-corrected chi connectivity index (χ0v) is 18.0. The molecule has 5 heterocycles. The number of thiazole rings is 1. The Morgan fingerprint density at radius 2 is 2.00 bits per heavy atom. The molecule has 2 N–H and O–H groups in total. The average Bonchev–Trinajstić information content (AvgIpc) is 3.20. The van der Waals surface area contributed by atoms with Gasteiger partial charge in [-0.3, -0.25) is 20.2 Å². The average molecular weight is 443 g/mol. The number of nitrogens with zero attached hydrogens (tertiary/aromatic N) is 3. The third kappa shape index (κ3) is 2.91. The van der Waals surface area contributed by atoms with Crippen molar-refractivity contribution in [1.29, 1.82) is 0 Å². The van der Waals surface area contributed by atoms with E-state index in [9.17, 15) is 14.4 Å². The molecule has 1 spiro atoms. The van der Waals surface area contributed by atoms with Crippen LogP contribution >= 0.6 is 11.3 Å². The van der Waals surface area contributed by atoms with Crippen LogP contribution in [0.1, 0.15) is 19.4 Å². The molecule has 3 atom stereocenters. The molecule has 3 aliphatic heterocycles. The molecule has 162 valence electrons. The van der Waals surface area contributed by atoms with Crippen molar-refractivity contribution in [2.45, 2.75) is 38.5 Å². The number of carbonyl (C=O) groups excluding carboxylic acids is 3. The van der Waals surface area contributed by atoms with Crippen LogP contribution in [0.2, 0.25) is 0 Å². The minimum Gasteiger partial charge on any atom is -0.473 e. The highest BCUT2D eigenvalue weighted by Gasteiger charge is 2.63. The summed E-state index contributed by atoms with van der Waals surface area (Å²) in [6.07, 6.45) is 1.29. The van der Waals surface area contributed by atoms with Crippen molar-refractivity contribution >= 4 is 35.0 Å². The van der Waals surface area contributed by atoms with Crippen LogP contribution in [0, 0.1) is 5.41 Å². The van der Waals surface area contributed by atoms with E-state index in [0.29, 0.717) is 23.3 Å². The number of fused-ring (bicyclic) bond motifs is 4. The summed E-state index contributed by atoms with van der Waals surface area (Å²) in [7, 11) is 1.56. The van der Waals surface area contributed by atoms with Gasteiger partial charge in [-0.25, -0.2) is 14.8 Å². The summed E-state index contributed by atoms with van der Waals surface area (Å²) in [4.78, 5) is 49.2. The Kier molecular flexibility index (Phi) is 4.48. The van der Waals surface area contributed by atoms with Gasteiger partial charge >= 0.3 is 6.03 Å². The first-order valence-electron chi connectivity index (χ1n) is 9.91. The molecule has 31 heavy (non-hydrogen) atoms. The lowest BCUT2D eigenvalue weighted by Crippen LogP contribution is -2.75. The number of nitrogens with one attached hydrogen (secondary N) is 2. The number of rotatable bonds is 2. The molecule has 3 aliphatic rings. The summed E-state index contributed by atoms with van der Waals surface area (Å²) in [5, 5.41) is 6.96. The van der Waals surface area contributed by atoms with E-state index in [1.165, 1.54) is 11.3 Å². The molecule has 0 bridgehead atoms. The SMILES string of the molecule is COc1nc(-c2cnc3c(c2)CC2(C(=O)NC(=O)NC2=O)[C@H]2[C@H](C)O[C@H](C)CN32)cs1. The fourth-order valence-corrected chi connectivity index (χ4v) is 5.57. The van der Waals surface area contributed by atoms with Crippen LogP contribution in [-0.4, -0.2) is 59.7 Å². The molecule has 5 rings (SSSR count). The van der Waals surface area contributed by atoms with Crippen LogP contribution in [-0.2, 0) is 20.7 Å². The van der Waals surface area contributed by atoms with Crippen molar-refractivity contribution in [3.63, 3.8) is 0 Å². The zero-order chi connectivity index (χ0) is 21.9. The van der Waals surface area contributed by atoms with Gasteiger partial charge in [-0.15, -0.1) is 0 Å². The second-order valence-corrected chi connectivity index (χ2v) is 8.86. The third-order valence-corrected chi connectivity index (χ3v) is 6.89. The molecule has 11 heteroatoms. The van der Waals surface area contributed by atoms with E-state index >= 15 is 0 Å². The Hall–Kier alpha value is -3.05. The van der Waals surface area contributed by atoms with Crippen LogP contribution in [0.5, 0.6) is 5.19 Å².